The number of nitrogens with one attached hydrogen (secondary N) is 1. The molecule has 1 saturated heterocycles. The van der Waals surface area contributed by atoms with Crippen molar-refractivity contribution < 1.29 is 31.1 Å². The molecule has 2 rings (SSSR count). The highest BCUT2D eigenvalue weighted by Gasteiger charge is 2.30. The third-order valence-corrected chi connectivity index (χ3v) is 6.58. The van der Waals surface area contributed by atoms with Gasteiger partial charge in [0, 0.05) is 31.9 Å². The molecule has 180 valence electrons. The van der Waals surface area contributed by atoms with E-state index in [0.29, 0.717) is 50.6 Å². The minimum Gasteiger partial charge on any atom is -0.444 e. The zero-order valence-corrected chi connectivity index (χ0v) is 19.7. The summed E-state index contributed by atoms with van der Waals surface area (Å²) in [5, 5.41) is 0. The number of benzene rings is 1. The lowest BCUT2D eigenvalue weighted by atomic mass is 10.2. The van der Waals surface area contributed by atoms with Crippen LogP contribution in [0.2, 0.25) is 0 Å². The maximum Gasteiger partial charge on any atom is 0.416 e. The Morgan fingerprint density at radius 3 is 2.28 bits per heavy atom. The maximum absolute atomic E-state index is 12.6. The first-order valence-corrected chi connectivity index (χ1v) is 12.2. The molecule has 0 spiro atoms. The van der Waals surface area contributed by atoms with Gasteiger partial charge in [0.25, 0.3) is 10.0 Å². The first kappa shape index (κ1) is 26.3. The van der Waals surface area contributed by atoms with Gasteiger partial charge in [-0.15, -0.1) is 0 Å². The van der Waals surface area contributed by atoms with Crippen LogP contribution < -0.4 is 4.72 Å². The topological polar surface area (TPSA) is 91.3 Å². The molecule has 0 aromatic heterocycles. The van der Waals surface area contributed by atoms with Crippen LogP contribution in [0.3, 0.4) is 0 Å². The highest BCUT2D eigenvalue weighted by atomic mass is 32.2. The lowest BCUT2D eigenvalue weighted by molar-refractivity contribution is -0.137. The van der Waals surface area contributed by atoms with E-state index in [-0.39, 0.29) is 11.0 Å². The molecular weight excluding hydrogens is 469 g/mol. The van der Waals surface area contributed by atoms with Crippen LogP contribution in [0, 0.1) is 0 Å². The Labute approximate surface area is 190 Å². The molecular formula is C19H27F3N4O4S2. The van der Waals surface area contributed by atoms with E-state index < -0.39 is 27.4 Å². The van der Waals surface area contributed by atoms with E-state index in [1.165, 1.54) is 11.9 Å². The molecule has 0 radical (unpaired) electrons. The highest BCUT2D eigenvalue weighted by Crippen LogP contribution is 2.29. The molecule has 1 heterocycles. The van der Waals surface area contributed by atoms with Crippen molar-refractivity contribution >= 4 is 34.4 Å². The summed E-state index contributed by atoms with van der Waals surface area (Å²) in [5.41, 5.74) is -1.45. The molecule has 0 atom stereocenters. The summed E-state index contributed by atoms with van der Waals surface area (Å²) >= 11 is 1.54. The number of hydrogen-bond donors (Lipinski definition) is 1. The maximum atomic E-state index is 12.6. The first-order valence-electron chi connectivity index (χ1n) is 9.82. The van der Waals surface area contributed by atoms with Gasteiger partial charge in [0.2, 0.25) is 0 Å². The predicted molar refractivity (Wildman–Crippen MR) is 117 cm³/mol. The quantitative estimate of drug-likeness (QED) is 0.270. The van der Waals surface area contributed by atoms with E-state index in [1.54, 1.807) is 4.90 Å². The van der Waals surface area contributed by atoms with E-state index in [9.17, 15) is 26.4 Å². The molecule has 0 saturated carbocycles. The normalized spacial score (nSPS) is 16.4. The van der Waals surface area contributed by atoms with Crippen LogP contribution in [0.1, 0.15) is 26.3 Å². The second-order valence-corrected chi connectivity index (χ2v) is 10.8. The summed E-state index contributed by atoms with van der Waals surface area (Å²) in [6.07, 6.45) is -3.84. The number of nitrogens with zero attached hydrogens (tertiary/aromatic N) is 3. The Morgan fingerprint density at radius 2 is 1.75 bits per heavy atom. The van der Waals surface area contributed by atoms with Gasteiger partial charge in [-0.3, -0.25) is 9.71 Å². The van der Waals surface area contributed by atoms with Gasteiger partial charge in [-0.2, -0.15) is 13.2 Å². The van der Waals surface area contributed by atoms with E-state index in [1.807, 2.05) is 20.8 Å². The Bertz CT molecular complexity index is 893. The molecule has 1 fully saturated rings. The number of sulfonamides is 1. The molecule has 1 amide bonds. The zero-order valence-electron chi connectivity index (χ0n) is 18.1. The minimum atomic E-state index is -4.53. The van der Waals surface area contributed by atoms with Crippen molar-refractivity contribution in [2.75, 3.05) is 38.5 Å². The fourth-order valence-corrected chi connectivity index (χ4v) is 4.32. The van der Waals surface area contributed by atoms with Crippen molar-refractivity contribution in [3.05, 3.63) is 29.8 Å². The molecule has 1 N–H and O–H groups in total. The number of rotatable bonds is 7. The van der Waals surface area contributed by atoms with Crippen molar-refractivity contribution in [3.8, 4) is 0 Å². The van der Waals surface area contributed by atoms with Crippen LogP contribution in [0.15, 0.2) is 34.2 Å². The summed E-state index contributed by atoms with van der Waals surface area (Å²) in [5.74, 6) is 0.602. The summed E-state index contributed by atoms with van der Waals surface area (Å²) in [6, 6.07) is 3.22. The molecule has 32 heavy (non-hydrogen) atoms. The molecule has 0 unspecified atom stereocenters. The molecule has 1 aliphatic rings. The Hall–Kier alpha value is -1.99. The first-order chi connectivity index (χ1) is 14.8. The number of amides is 1. The van der Waals surface area contributed by atoms with Gasteiger partial charge in [0.05, 0.1) is 23.3 Å². The monoisotopic (exact) mass is 496 g/mol. The zero-order chi connectivity index (χ0) is 24.0. The van der Waals surface area contributed by atoms with E-state index in [0.717, 1.165) is 18.5 Å². The van der Waals surface area contributed by atoms with Crippen LogP contribution in [-0.2, 0) is 20.9 Å². The highest BCUT2D eigenvalue weighted by molar-refractivity contribution is 7.97. The third-order valence-electron chi connectivity index (χ3n) is 4.18. The summed E-state index contributed by atoms with van der Waals surface area (Å²) in [7, 11) is -3.99. The van der Waals surface area contributed by atoms with Gasteiger partial charge in [0.1, 0.15) is 5.60 Å². The number of hydrogen-bond acceptors (Lipinski definition) is 7. The summed E-state index contributed by atoms with van der Waals surface area (Å²) < 4.78 is 71.5. The van der Waals surface area contributed by atoms with Crippen LogP contribution in [0.5, 0.6) is 0 Å². The SMILES string of the molecule is CC(C)(C)OC(=O)N1CCN(SCCN=CNS(=O)(=O)c2ccc(C(F)(F)F)cc2)CC1. The fourth-order valence-electron chi connectivity index (χ4n) is 2.61. The van der Waals surface area contributed by atoms with E-state index in [2.05, 4.69) is 14.0 Å². The van der Waals surface area contributed by atoms with Crippen LogP contribution in [0.4, 0.5) is 18.0 Å². The lowest BCUT2D eigenvalue weighted by Crippen LogP contribution is -2.48. The third kappa shape index (κ3) is 8.51. The van der Waals surface area contributed by atoms with Crippen molar-refractivity contribution in [2.24, 2.45) is 4.99 Å². The number of aliphatic imine (C=N–C) groups is 1. The number of alkyl halides is 3. The van der Waals surface area contributed by atoms with Crippen LogP contribution >= 0.6 is 11.9 Å². The lowest BCUT2D eigenvalue weighted by Gasteiger charge is -2.34. The van der Waals surface area contributed by atoms with Gasteiger partial charge in [0.15, 0.2) is 0 Å². The molecule has 1 aromatic rings. The molecule has 0 bridgehead atoms. The number of carbonyl (C=O) groups is 1. The molecule has 1 aromatic carbocycles. The molecule has 0 aliphatic carbocycles. The summed E-state index contributed by atoms with van der Waals surface area (Å²) in [4.78, 5) is 17.4. The van der Waals surface area contributed by atoms with Crippen LogP contribution in [0.25, 0.3) is 0 Å². The van der Waals surface area contributed by atoms with Crippen LogP contribution in [-0.4, -0.2) is 74.1 Å². The average Bonchev–Trinajstić information content (AvgIpc) is 2.69. The summed E-state index contributed by atoms with van der Waals surface area (Å²) in [6.45, 7) is 8.26. The van der Waals surface area contributed by atoms with Crippen molar-refractivity contribution in [1.82, 2.24) is 13.9 Å². The standard InChI is InChI=1S/C19H27F3N4O4S2/c1-18(2,3)30-17(27)25-9-11-26(12-10-25)31-13-8-23-14-24-32(28,29)16-6-4-15(5-7-16)19(20,21)22/h4-7,14H,8-13H2,1-3H3,(H,23,24). The second-order valence-electron chi connectivity index (χ2n) is 7.91. The van der Waals surface area contributed by atoms with Gasteiger partial charge in [-0.1, -0.05) is 11.9 Å². The van der Waals surface area contributed by atoms with Gasteiger partial charge >= 0.3 is 12.3 Å². The number of ether oxygens (including phenoxy) is 1. The van der Waals surface area contributed by atoms with Crippen molar-refractivity contribution in [1.29, 1.82) is 0 Å². The Kier molecular flexibility index (Phi) is 8.82. The largest absolute Gasteiger partial charge is 0.444 e. The van der Waals surface area contributed by atoms with E-state index in [4.69, 9.17) is 4.74 Å². The Balaban J connectivity index is 1.69. The fraction of sp³-hybridized carbons (Fsp3) is 0.579. The smallest absolute Gasteiger partial charge is 0.416 e. The van der Waals surface area contributed by atoms with E-state index >= 15 is 0 Å². The number of halogens is 3. The van der Waals surface area contributed by atoms with Crippen molar-refractivity contribution in [3.63, 3.8) is 0 Å². The number of piperazine rings is 1. The second kappa shape index (κ2) is 10.8. The van der Waals surface area contributed by atoms with Crippen molar-refractivity contribution in [2.45, 2.75) is 37.4 Å². The van der Waals surface area contributed by atoms with Gasteiger partial charge < -0.3 is 9.64 Å². The average molecular weight is 497 g/mol. The molecule has 1 aliphatic heterocycles. The minimum absolute atomic E-state index is 0.283. The van der Waals surface area contributed by atoms with Gasteiger partial charge in [-0.25, -0.2) is 17.5 Å². The number of carbonyl (C=O) groups excluding carboxylic acids is 1. The molecule has 13 heteroatoms. The predicted octanol–water partition coefficient (Wildman–Crippen LogP) is 3.21. The van der Waals surface area contributed by atoms with Gasteiger partial charge in [-0.05, 0) is 45.0 Å². The Morgan fingerprint density at radius 1 is 1.16 bits per heavy atom. The molecule has 8 nitrogen and oxygen atoms in total.